The molecule has 1 fully saturated rings. The van der Waals surface area contributed by atoms with Gasteiger partial charge in [0.1, 0.15) is 0 Å². The van der Waals surface area contributed by atoms with E-state index < -0.39 is 0 Å². The highest BCUT2D eigenvalue weighted by Crippen LogP contribution is 2.39. The standard InChI is InChI=1S/C24H30N2O2.ClH/c1-2-28-24(27)13-7-8-14-25-15-16-26-22-12-6-4-10-20(22)17-19-9-3-5-11-21(19)23(26)18-25;/h3-6,9-12,23H,2,7-8,13-18H2,1H3;1H. The lowest BCUT2D eigenvalue weighted by Gasteiger charge is -2.43. The minimum Gasteiger partial charge on any atom is -0.466 e. The molecular formula is C24H31ClN2O2. The van der Waals surface area contributed by atoms with Crippen molar-refractivity contribution < 1.29 is 9.53 Å². The summed E-state index contributed by atoms with van der Waals surface area (Å²) in [6.07, 6.45) is 3.50. The molecule has 0 N–H and O–H groups in total. The summed E-state index contributed by atoms with van der Waals surface area (Å²) in [6.45, 7) is 6.56. The van der Waals surface area contributed by atoms with E-state index in [4.69, 9.17) is 4.74 Å². The number of fused-ring (bicyclic) bond motifs is 5. The number of hydrogen-bond acceptors (Lipinski definition) is 4. The van der Waals surface area contributed by atoms with E-state index in [1.165, 1.54) is 22.4 Å². The van der Waals surface area contributed by atoms with Gasteiger partial charge in [-0.05, 0) is 55.5 Å². The minimum atomic E-state index is -0.0679. The smallest absolute Gasteiger partial charge is 0.305 e. The molecule has 4 nitrogen and oxygen atoms in total. The lowest BCUT2D eigenvalue weighted by Crippen LogP contribution is -2.48. The van der Waals surface area contributed by atoms with Crippen LogP contribution < -0.4 is 4.90 Å². The quantitative estimate of drug-likeness (QED) is 0.510. The van der Waals surface area contributed by atoms with Crippen molar-refractivity contribution in [1.82, 2.24) is 4.90 Å². The maximum absolute atomic E-state index is 11.5. The number of rotatable bonds is 6. The number of ether oxygens (including phenoxy) is 1. The predicted octanol–water partition coefficient (Wildman–Crippen LogP) is 4.61. The molecular weight excluding hydrogens is 384 g/mol. The molecule has 29 heavy (non-hydrogen) atoms. The van der Waals surface area contributed by atoms with Crippen LogP contribution in [0.4, 0.5) is 5.69 Å². The summed E-state index contributed by atoms with van der Waals surface area (Å²) in [6, 6.07) is 18.2. The van der Waals surface area contributed by atoms with Crippen LogP contribution >= 0.6 is 12.4 Å². The third-order valence-corrected chi connectivity index (χ3v) is 5.97. The average molecular weight is 415 g/mol. The maximum atomic E-state index is 11.5. The van der Waals surface area contributed by atoms with Gasteiger partial charge >= 0.3 is 5.97 Å². The first-order chi connectivity index (χ1) is 13.8. The second-order valence-corrected chi connectivity index (χ2v) is 7.78. The Kier molecular flexibility index (Phi) is 7.57. The van der Waals surface area contributed by atoms with E-state index in [1.54, 1.807) is 0 Å². The van der Waals surface area contributed by atoms with Crippen LogP contribution in [0.2, 0.25) is 0 Å². The first kappa shape index (κ1) is 21.7. The van der Waals surface area contributed by atoms with Gasteiger partial charge < -0.3 is 9.64 Å². The zero-order chi connectivity index (χ0) is 19.3. The van der Waals surface area contributed by atoms with Gasteiger partial charge in [0.2, 0.25) is 0 Å². The second-order valence-electron chi connectivity index (χ2n) is 7.78. The van der Waals surface area contributed by atoms with E-state index in [-0.39, 0.29) is 18.4 Å². The molecule has 0 saturated carbocycles. The van der Waals surface area contributed by atoms with Crippen LogP contribution in [0.3, 0.4) is 0 Å². The third-order valence-electron chi connectivity index (χ3n) is 5.97. The predicted molar refractivity (Wildman–Crippen MR) is 120 cm³/mol. The Labute approximate surface area is 180 Å². The van der Waals surface area contributed by atoms with Crippen molar-refractivity contribution in [1.29, 1.82) is 0 Å². The largest absolute Gasteiger partial charge is 0.466 e. The van der Waals surface area contributed by atoms with Crippen molar-refractivity contribution in [3.8, 4) is 0 Å². The van der Waals surface area contributed by atoms with E-state index in [2.05, 4.69) is 58.3 Å². The number of anilines is 1. The van der Waals surface area contributed by atoms with Gasteiger partial charge in [-0.1, -0.05) is 42.5 Å². The monoisotopic (exact) mass is 414 g/mol. The fourth-order valence-electron chi connectivity index (χ4n) is 4.60. The molecule has 0 bridgehead atoms. The molecule has 1 unspecified atom stereocenters. The van der Waals surface area contributed by atoms with Crippen LogP contribution in [0.1, 0.15) is 48.9 Å². The van der Waals surface area contributed by atoms with E-state index in [0.29, 0.717) is 19.1 Å². The number of benzene rings is 2. The Morgan fingerprint density at radius 1 is 1.03 bits per heavy atom. The van der Waals surface area contributed by atoms with Crippen LogP contribution in [0.5, 0.6) is 0 Å². The van der Waals surface area contributed by atoms with Crippen molar-refractivity contribution in [3.63, 3.8) is 0 Å². The number of carbonyl (C=O) groups is 1. The highest BCUT2D eigenvalue weighted by Gasteiger charge is 2.32. The number of esters is 1. The normalized spacial score (nSPS) is 18.0. The van der Waals surface area contributed by atoms with Crippen LogP contribution in [0.25, 0.3) is 0 Å². The minimum absolute atomic E-state index is 0. The molecule has 1 atom stereocenters. The Bertz CT molecular complexity index is 826. The number of unbranched alkanes of at least 4 members (excludes halogenated alkanes) is 1. The number of halogens is 1. The van der Waals surface area contributed by atoms with Gasteiger partial charge in [0.15, 0.2) is 0 Å². The summed E-state index contributed by atoms with van der Waals surface area (Å²) < 4.78 is 5.03. The average Bonchev–Trinajstić information content (AvgIpc) is 2.86. The van der Waals surface area contributed by atoms with Crippen LogP contribution in [-0.4, -0.2) is 43.7 Å². The molecule has 2 aromatic rings. The topological polar surface area (TPSA) is 32.8 Å². The number of para-hydroxylation sites is 1. The van der Waals surface area contributed by atoms with Crippen LogP contribution in [0.15, 0.2) is 48.5 Å². The number of nitrogens with zero attached hydrogens (tertiary/aromatic N) is 2. The summed E-state index contributed by atoms with van der Waals surface area (Å²) in [5.41, 5.74) is 5.74. The number of piperazine rings is 1. The molecule has 0 aromatic heterocycles. The fraction of sp³-hybridized carbons (Fsp3) is 0.458. The van der Waals surface area contributed by atoms with Crippen molar-refractivity contribution in [3.05, 3.63) is 65.2 Å². The molecule has 2 aliphatic heterocycles. The molecule has 2 aromatic carbocycles. The molecule has 5 heteroatoms. The van der Waals surface area contributed by atoms with Crippen LogP contribution in [0, 0.1) is 0 Å². The Morgan fingerprint density at radius 3 is 2.62 bits per heavy atom. The Morgan fingerprint density at radius 2 is 1.79 bits per heavy atom. The summed E-state index contributed by atoms with van der Waals surface area (Å²) in [5, 5.41) is 0. The van der Waals surface area contributed by atoms with Gasteiger partial charge in [-0.2, -0.15) is 0 Å². The third kappa shape index (κ3) is 4.93. The van der Waals surface area contributed by atoms with E-state index in [0.717, 1.165) is 45.4 Å². The fourth-order valence-corrected chi connectivity index (χ4v) is 4.60. The number of hydrogen-bond donors (Lipinski definition) is 0. The van der Waals surface area contributed by atoms with E-state index in [1.807, 2.05) is 6.92 Å². The zero-order valence-corrected chi connectivity index (χ0v) is 18.0. The number of carbonyl (C=O) groups excluding carboxylic acids is 1. The van der Waals surface area contributed by atoms with Gasteiger partial charge in [0, 0.05) is 31.7 Å². The summed E-state index contributed by atoms with van der Waals surface area (Å²) in [4.78, 5) is 16.7. The highest BCUT2D eigenvalue weighted by atomic mass is 35.5. The van der Waals surface area contributed by atoms with Gasteiger partial charge in [0.25, 0.3) is 0 Å². The van der Waals surface area contributed by atoms with E-state index in [9.17, 15) is 4.79 Å². The van der Waals surface area contributed by atoms with E-state index >= 15 is 0 Å². The second kappa shape index (κ2) is 10.1. The van der Waals surface area contributed by atoms with Gasteiger partial charge in [-0.3, -0.25) is 9.69 Å². The molecule has 2 aliphatic rings. The lowest BCUT2D eigenvalue weighted by atomic mass is 9.96. The molecule has 2 heterocycles. The molecule has 156 valence electrons. The summed E-state index contributed by atoms with van der Waals surface area (Å²) in [5.74, 6) is -0.0679. The van der Waals surface area contributed by atoms with Gasteiger partial charge in [0.05, 0.1) is 12.6 Å². The molecule has 0 aliphatic carbocycles. The Hall–Kier alpha value is -2.04. The van der Waals surface area contributed by atoms with Crippen molar-refractivity contribution in [2.45, 2.75) is 38.6 Å². The molecule has 4 rings (SSSR count). The van der Waals surface area contributed by atoms with Gasteiger partial charge in [-0.25, -0.2) is 0 Å². The zero-order valence-electron chi connectivity index (χ0n) is 17.2. The van der Waals surface area contributed by atoms with Crippen molar-refractivity contribution in [2.75, 3.05) is 37.7 Å². The first-order valence-corrected chi connectivity index (χ1v) is 10.6. The van der Waals surface area contributed by atoms with Crippen molar-refractivity contribution in [2.24, 2.45) is 0 Å². The maximum Gasteiger partial charge on any atom is 0.305 e. The first-order valence-electron chi connectivity index (χ1n) is 10.6. The van der Waals surface area contributed by atoms with Crippen molar-refractivity contribution >= 4 is 24.1 Å². The summed E-state index contributed by atoms with van der Waals surface area (Å²) in [7, 11) is 0. The molecule has 0 radical (unpaired) electrons. The molecule has 0 spiro atoms. The highest BCUT2D eigenvalue weighted by molar-refractivity contribution is 5.85. The molecule has 0 amide bonds. The van der Waals surface area contributed by atoms with Crippen LogP contribution in [-0.2, 0) is 16.0 Å². The molecule has 1 saturated heterocycles. The Balaban J connectivity index is 0.00000240. The SMILES string of the molecule is CCOC(=O)CCCCN1CCN2c3ccccc3Cc3ccccc3C2C1.Cl. The summed E-state index contributed by atoms with van der Waals surface area (Å²) >= 11 is 0. The lowest BCUT2D eigenvalue weighted by molar-refractivity contribution is -0.143. The van der Waals surface area contributed by atoms with Gasteiger partial charge in [-0.15, -0.1) is 12.4 Å².